The van der Waals surface area contributed by atoms with Crippen LogP contribution in [0.25, 0.3) is 0 Å². The predicted octanol–water partition coefficient (Wildman–Crippen LogP) is 3.68. The maximum absolute atomic E-state index is 5.95. The molecule has 2 aromatic rings. The van der Waals surface area contributed by atoms with E-state index < -0.39 is 0 Å². The van der Waals surface area contributed by atoms with Crippen molar-refractivity contribution in [2.75, 3.05) is 24.7 Å². The second-order valence-corrected chi connectivity index (χ2v) is 5.34. The maximum atomic E-state index is 5.95. The van der Waals surface area contributed by atoms with Crippen LogP contribution in [-0.2, 0) is 6.61 Å². The zero-order valence-corrected chi connectivity index (χ0v) is 12.6. The van der Waals surface area contributed by atoms with Crippen molar-refractivity contribution in [2.24, 2.45) is 0 Å². The molecule has 100 valence electrons. The third kappa shape index (κ3) is 3.41. The molecule has 0 spiro atoms. The minimum absolute atomic E-state index is 0.449. The molecule has 0 aliphatic carbocycles. The first-order valence-electron chi connectivity index (χ1n) is 6.01. The van der Waals surface area contributed by atoms with Gasteiger partial charge in [0.1, 0.15) is 12.4 Å². The number of benzene rings is 2. The van der Waals surface area contributed by atoms with E-state index in [-0.39, 0.29) is 0 Å². The summed E-state index contributed by atoms with van der Waals surface area (Å²) in [7, 11) is 4.01. The molecule has 2 aromatic carbocycles. The second-order valence-electron chi connectivity index (χ2n) is 4.49. The van der Waals surface area contributed by atoms with Gasteiger partial charge in [0.25, 0.3) is 0 Å². The molecule has 0 atom stereocenters. The van der Waals surface area contributed by atoms with Crippen molar-refractivity contribution in [1.29, 1.82) is 0 Å². The van der Waals surface area contributed by atoms with Gasteiger partial charge in [-0.3, -0.25) is 0 Å². The summed E-state index contributed by atoms with van der Waals surface area (Å²) in [5, 5.41) is 0. The topological polar surface area (TPSA) is 38.5 Å². The Balaban J connectivity index is 2.12. The Bertz CT molecular complexity index is 550. The highest BCUT2D eigenvalue weighted by atomic mass is 79.9. The Morgan fingerprint density at radius 3 is 2.58 bits per heavy atom. The summed E-state index contributed by atoms with van der Waals surface area (Å²) in [6.07, 6.45) is 0. The maximum Gasteiger partial charge on any atom is 0.121 e. The monoisotopic (exact) mass is 320 g/mol. The number of rotatable bonds is 4. The summed E-state index contributed by atoms with van der Waals surface area (Å²) in [5.41, 5.74) is 8.76. The van der Waals surface area contributed by atoms with E-state index in [0.29, 0.717) is 6.61 Å². The van der Waals surface area contributed by atoms with Crippen molar-refractivity contribution in [3.8, 4) is 5.75 Å². The van der Waals surface area contributed by atoms with Crippen molar-refractivity contribution in [2.45, 2.75) is 6.61 Å². The molecule has 3 nitrogen and oxygen atoms in total. The third-order valence-corrected chi connectivity index (χ3v) is 3.62. The summed E-state index contributed by atoms with van der Waals surface area (Å²) in [6.45, 7) is 0.449. The van der Waals surface area contributed by atoms with Gasteiger partial charge >= 0.3 is 0 Å². The van der Waals surface area contributed by atoms with Crippen molar-refractivity contribution in [3.63, 3.8) is 0 Å². The Hall–Kier alpha value is -1.68. The molecule has 19 heavy (non-hydrogen) atoms. The van der Waals surface area contributed by atoms with E-state index in [1.807, 2.05) is 61.5 Å². The normalized spacial score (nSPS) is 10.3. The van der Waals surface area contributed by atoms with Crippen LogP contribution in [0.5, 0.6) is 5.75 Å². The van der Waals surface area contributed by atoms with Gasteiger partial charge in [0.05, 0.1) is 0 Å². The lowest BCUT2D eigenvalue weighted by Gasteiger charge is -2.15. The molecule has 4 heteroatoms. The summed E-state index contributed by atoms with van der Waals surface area (Å²) in [4.78, 5) is 2.04. The third-order valence-electron chi connectivity index (χ3n) is 2.87. The van der Waals surface area contributed by atoms with Crippen LogP contribution in [0.4, 0.5) is 11.4 Å². The molecule has 2 N–H and O–H groups in total. The largest absolute Gasteiger partial charge is 0.489 e. The fourth-order valence-corrected chi connectivity index (χ4v) is 2.23. The molecular weight excluding hydrogens is 304 g/mol. The average Bonchev–Trinajstić information content (AvgIpc) is 2.38. The highest BCUT2D eigenvalue weighted by Gasteiger charge is 2.05. The first-order chi connectivity index (χ1) is 9.08. The molecule has 0 amide bonds. The zero-order chi connectivity index (χ0) is 13.8. The Kier molecular flexibility index (Phi) is 4.32. The fourth-order valence-electron chi connectivity index (χ4n) is 1.73. The molecule has 0 aliphatic heterocycles. The van der Waals surface area contributed by atoms with Crippen molar-refractivity contribution in [3.05, 3.63) is 52.5 Å². The molecule has 0 aromatic heterocycles. The highest BCUT2D eigenvalue weighted by Crippen LogP contribution is 2.25. The van der Waals surface area contributed by atoms with Gasteiger partial charge in [-0.15, -0.1) is 0 Å². The number of hydrogen-bond donors (Lipinski definition) is 1. The minimum Gasteiger partial charge on any atom is -0.489 e. The van der Waals surface area contributed by atoms with Crippen molar-refractivity contribution in [1.82, 2.24) is 0 Å². The number of ether oxygens (including phenoxy) is 1. The number of nitrogen functional groups attached to an aromatic ring is 1. The van der Waals surface area contributed by atoms with E-state index in [1.54, 1.807) is 0 Å². The second kappa shape index (κ2) is 5.97. The van der Waals surface area contributed by atoms with Crippen molar-refractivity contribution >= 4 is 27.3 Å². The quantitative estimate of drug-likeness (QED) is 0.873. The lowest BCUT2D eigenvalue weighted by Crippen LogP contribution is -2.08. The SMILES string of the molecule is CN(C)c1cccc(OCc2c(N)cccc2Br)c1. The van der Waals surface area contributed by atoms with Gasteiger partial charge in [-0.1, -0.05) is 28.1 Å². The first-order valence-corrected chi connectivity index (χ1v) is 6.80. The molecule has 0 radical (unpaired) electrons. The van der Waals surface area contributed by atoms with Crippen LogP contribution >= 0.6 is 15.9 Å². The molecule has 0 saturated heterocycles. The number of hydrogen-bond acceptors (Lipinski definition) is 3. The Labute approximate surface area is 122 Å². The van der Waals surface area contributed by atoms with E-state index in [0.717, 1.165) is 27.2 Å². The van der Waals surface area contributed by atoms with E-state index >= 15 is 0 Å². The molecule has 0 bridgehead atoms. The van der Waals surface area contributed by atoms with Crippen LogP contribution in [0.15, 0.2) is 46.9 Å². The molecule has 0 saturated carbocycles. The van der Waals surface area contributed by atoms with Gasteiger partial charge in [0, 0.05) is 41.6 Å². The van der Waals surface area contributed by atoms with Gasteiger partial charge in [0.2, 0.25) is 0 Å². The van der Waals surface area contributed by atoms with Crippen LogP contribution < -0.4 is 15.4 Å². The lowest BCUT2D eigenvalue weighted by molar-refractivity contribution is 0.306. The van der Waals surface area contributed by atoms with Crippen LogP contribution in [0, 0.1) is 0 Å². The predicted molar refractivity (Wildman–Crippen MR) is 83.7 cm³/mol. The van der Waals surface area contributed by atoms with Crippen LogP contribution in [0.2, 0.25) is 0 Å². The van der Waals surface area contributed by atoms with Crippen molar-refractivity contribution < 1.29 is 4.74 Å². The van der Waals surface area contributed by atoms with Gasteiger partial charge < -0.3 is 15.4 Å². The number of nitrogens with zero attached hydrogens (tertiary/aromatic N) is 1. The van der Waals surface area contributed by atoms with E-state index in [4.69, 9.17) is 10.5 Å². The summed E-state index contributed by atoms with van der Waals surface area (Å²) < 4.78 is 6.78. The summed E-state index contributed by atoms with van der Waals surface area (Å²) in [6, 6.07) is 13.7. The Morgan fingerprint density at radius 2 is 1.89 bits per heavy atom. The zero-order valence-electron chi connectivity index (χ0n) is 11.1. The van der Waals surface area contributed by atoms with Gasteiger partial charge in [-0.2, -0.15) is 0 Å². The molecule has 0 aliphatic rings. The number of nitrogens with two attached hydrogens (primary N) is 1. The van der Waals surface area contributed by atoms with Gasteiger partial charge in [-0.05, 0) is 24.3 Å². The number of anilines is 2. The first kappa shape index (κ1) is 13.7. The number of halogens is 1. The van der Waals surface area contributed by atoms with Gasteiger partial charge in [-0.25, -0.2) is 0 Å². The van der Waals surface area contributed by atoms with E-state index in [9.17, 15) is 0 Å². The van der Waals surface area contributed by atoms with Crippen LogP contribution in [0.1, 0.15) is 5.56 Å². The average molecular weight is 321 g/mol. The lowest BCUT2D eigenvalue weighted by atomic mass is 10.2. The minimum atomic E-state index is 0.449. The summed E-state index contributed by atoms with van der Waals surface area (Å²) in [5.74, 6) is 0.835. The smallest absolute Gasteiger partial charge is 0.121 e. The van der Waals surface area contributed by atoms with Gasteiger partial charge in [0.15, 0.2) is 0 Å². The fraction of sp³-hybridized carbons (Fsp3) is 0.200. The van der Waals surface area contributed by atoms with Crippen LogP contribution in [-0.4, -0.2) is 14.1 Å². The van der Waals surface area contributed by atoms with E-state index in [1.165, 1.54) is 0 Å². The molecule has 0 unspecified atom stereocenters. The van der Waals surface area contributed by atoms with E-state index in [2.05, 4.69) is 15.9 Å². The van der Waals surface area contributed by atoms with Crippen LogP contribution in [0.3, 0.4) is 0 Å². The molecule has 0 heterocycles. The standard InChI is InChI=1S/C15H17BrN2O/c1-18(2)11-5-3-6-12(9-11)19-10-13-14(16)7-4-8-15(13)17/h3-9H,10,17H2,1-2H3. The molecule has 2 rings (SSSR count). The highest BCUT2D eigenvalue weighted by molar-refractivity contribution is 9.10. The summed E-state index contributed by atoms with van der Waals surface area (Å²) >= 11 is 3.49. The molecular formula is C15H17BrN2O. The molecule has 0 fully saturated rings. The Morgan fingerprint density at radius 1 is 1.16 bits per heavy atom.